The number of rotatable bonds is 3. The largest absolute Gasteiger partial charge is 0.457 e. The van der Waals surface area contributed by atoms with Gasteiger partial charge in [0.15, 0.2) is 5.82 Å². The lowest BCUT2D eigenvalue weighted by Crippen LogP contribution is -2.32. The molecule has 11 rings (SSSR count). The minimum atomic E-state index is -0.536. The molecule has 1 aromatic heterocycles. The van der Waals surface area contributed by atoms with Gasteiger partial charge in [0.2, 0.25) is 0 Å². The highest BCUT2D eigenvalue weighted by atomic mass is 16.5. The fraction of sp³-hybridized carbons (Fsp3) is 0.0638. The smallest absolute Gasteiger partial charge is 0.160 e. The molecule has 0 saturated heterocycles. The third kappa shape index (κ3) is 3.75. The number of ether oxygens (including phenoxy) is 1. The van der Waals surface area contributed by atoms with E-state index in [2.05, 4.69) is 152 Å². The van der Waals surface area contributed by atoms with Gasteiger partial charge in [-0.05, 0) is 87.3 Å². The lowest BCUT2D eigenvalue weighted by atomic mass is 9.66. The van der Waals surface area contributed by atoms with Gasteiger partial charge in [-0.25, -0.2) is 9.97 Å². The summed E-state index contributed by atoms with van der Waals surface area (Å²) in [6.07, 6.45) is 2.15. The van der Waals surface area contributed by atoms with E-state index in [9.17, 15) is 0 Å². The van der Waals surface area contributed by atoms with Crippen molar-refractivity contribution in [1.82, 2.24) is 9.97 Å². The van der Waals surface area contributed by atoms with Gasteiger partial charge >= 0.3 is 0 Å². The monoisotopic (exact) mass is 638 g/mol. The second kappa shape index (κ2) is 10.3. The number of hydrogen-bond acceptors (Lipinski definition) is 3. The third-order valence-corrected chi connectivity index (χ3v) is 11.0. The van der Waals surface area contributed by atoms with E-state index >= 15 is 0 Å². The van der Waals surface area contributed by atoms with E-state index in [1.54, 1.807) is 0 Å². The van der Waals surface area contributed by atoms with Crippen LogP contribution in [0.25, 0.3) is 55.8 Å². The van der Waals surface area contributed by atoms with Crippen molar-refractivity contribution in [2.24, 2.45) is 0 Å². The average Bonchev–Trinajstić information content (AvgIpc) is 3.73. The van der Waals surface area contributed by atoms with Crippen molar-refractivity contribution in [3.8, 4) is 56.5 Å². The molecule has 50 heavy (non-hydrogen) atoms. The van der Waals surface area contributed by atoms with Gasteiger partial charge < -0.3 is 4.74 Å². The Balaban J connectivity index is 1.20. The molecule has 1 spiro atoms. The van der Waals surface area contributed by atoms with E-state index < -0.39 is 5.41 Å². The third-order valence-electron chi connectivity index (χ3n) is 11.0. The van der Waals surface area contributed by atoms with Crippen LogP contribution in [0.3, 0.4) is 0 Å². The first-order chi connectivity index (χ1) is 24.8. The maximum atomic E-state index is 6.57. The van der Waals surface area contributed by atoms with Gasteiger partial charge in [-0.3, -0.25) is 0 Å². The number of fused-ring (bicyclic) bond motifs is 9. The first kappa shape index (κ1) is 27.6. The quantitative estimate of drug-likeness (QED) is 0.193. The molecule has 2 aliphatic carbocycles. The van der Waals surface area contributed by atoms with Crippen molar-refractivity contribution in [3.63, 3.8) is 0 Å². The summed E-state index contributed by atoms with van der Waals surface area (Å²) in [6, 6.07) is 56.6. The molecule has 3 nitrogen and oxygen atoms in total. The van der Waals surface area contributed by atoms with E-state index in [1.165, 1.54) is 44.2 Å². The van der Waals surface area contributed by atoms with Gasteiger partial charge in [0, 0.05) is 27.8 Å². The van der Waals surface area contributed by atoms with Gasteiger partial charge in [0.25, 0.3) is 0 Å². The molecule has 3 heteroatoms. The fourth-order valence-corrected chi connectivity index (χ4v) is 8.99. The SMILES string of the molecule is c1ccc(-c2nc(-c3cc4c5c(cccc5c3)CC4)cc(-c3cccc4c3-c3ccccc3C43c4ccccc4Oc4ccccc43)n2)cc1. The summed E-state index contributed by atoms with van der Waals surface area (Å²) < 4.78 is 6.57. The van der Waals surface area contributed by atoms with Crippen LogP contribution in [0.1, 0.15) is 33.4 Å². The lowest BCUT2D eigenvalue weighted by molar-refractivity contribution is 0.436. The van der Waals surface area contributed by atoms with E-state index in [-0.39, 0.29) is 0 Å². The molecule has 7 aromatic carbocycles. The summed E-state index contributed by atoms with van der Waals surface area (Å²) in [5.74, 6) is 2.51. The maximum absolute atomic E-state index is 6.57. The molecule has 234 valence electrons. The Bertz CT molecular complexity index is 2650. The van der Waals surface area contributed by atoms with Gasteiger partial charge in [0.1, 0.15) is 11.5 Å². The Labute approximate surface area is 290 Å². The van der Waals surface area contributed by atoms with Crippen LogP contribution in [0.2, 0.25) is 0 Å². The van der Waals surface area contributed by atoms with Crippen LogP contribution < -0.4 is 4.74 Å². The van der Waals surface area contributed by atoms with Crippen molar-refractivity contribution in [2.45, 2.75) is 18.3 Å². The number of benzene rings is 7. The zero-order valence-corrected chi connectivity index (χ0v) is 27.2. The topological polar surface area (TPSA) is 35.0 Å². The molecule has 3 aliphatic rings. The second-order valence-corrected chi connectivity index (χ2v) is 13.6. The number of aryl methyl sites for hydroxylation is 2. The highest BCUT2D eigenvalue weighted by Crippen LogP contribution is 2.63. The van der Waals surface area contributed by atoms with E-state index in [1.807, 2.05) is 6.07 Å². The van der Waals surface area contributed by atoms with E-state index in [0.717, 1.165) is 69.4 Å². The summed E-state index contributed by atoms with van der Waals surface area (Å²) in [5.41, 5.74) is 14.6. The predicted molar refractivity (Wildman–Crippen MR) is 201 cm³/mol. The average molecular weight is 639 g/mol. The predicted octanol–water partition coefficient (Wildman–Crippen LogP) is 11.2. The molecular weight excluding hydrogens is 609 g/mol. The number of aromatic nitrogens is 2. The molecule has 1 aliphatic heterocycles. The first-order valence-electron chi connectivity index (χ1n) is 17.4. The highest BCUT2D eigenvalue weighted by Gasteiger charge is 2.51. The standard InChI is InChI=1S/C47H30N2O/c1-2-12-30(13-3-1)46-48-40(33-26-31-15-10-14-29-24-25-32(27-33)44(29)31)28-41(49-46)35-17-11-21-39-45(35)34-16-4-5-18-36(34)47(39)37-19-6-8-22-42(37)50-43-23-9-7-20-38(43)47/h1-23,26-28H,24-25H2. The zero-order chi connectivity index (χ0) is 32.8. The molecular formula is C47H30N2O. The molecule has 0 bridgehead atoms. The van der Waals surface area contributed by atoms with Crippen LogP contribution in [0.15, 0.2) is 158 Å². The number of para-hydroxylation sites is 2. The van der Waals surface area contributed by atoms with Crippen molar-refractivity contribution in [1.29, 1.82) is 0 Å². The molecule has 0 radical (unpaired) electrons. The van der Waals surface area contributed by atoms with Gasteiger partial charge in [-0.15, -0.1) is 0 Å². The van der Waals surface area contributed by atoms with Crippen molar-refractivity contribution in [2.75, 3.05) is 0 Å². The van der Waals surface area contributed by atoms with Gasteiger partial charge in [-0.2, -0.15) is 0 Å². The van der Waals surface area contributed by atoms with Crippen LogP contribution in [0.5, 0.6) is 11.5 Å². The Kier molecular flexibility index (Phi) is 5.71. The minimum absolute atomic E-state index is 0.536. The Morgan fingerprint density at radius 2 is 1.10 bits per heavy atom. The van der Waals surface area contributed by atoms with Gasteiger partial charge in [-0.1, -0.05) is 127 Å². The molecule has 0 atom stereocenters. The van der Waals surface area contributed by atoms with E-state index in [4.69, 9.17) is 14.7 Å². The molecule has 0 saturated carbocycles. The first-order valence-corrected chi connectivity index (χ1v) is 17.4. The summed E-state index contributed by atoms with van der Waals surface area (Å²) >= 11 is 0. The van der Waals surface area contributed by atoms with Crippen LogP contribution in [-0.4, -0.2) is 9.97 Å². The lowest BCUT2D eigenvalue weighted by Gasteiger charge is -2.39. The summed E-state index contributed by atoms with van der Waals surface area (Å²) in [6.45, 7) is 0. The fourth-order valence-electron chi connectivity index (χ4n) is 8.99. The molecule has 0 fully saturated rings. The Hall–Kier alpha value is -6.32. The van der Waals surface area contributed by atoms with Crippen LogP contribution >= 0.6 is 0 Å². The molecule has 0 amide bonds. The Morgan fingerprint density at radius 3 is 1.92 bits per heavy atom. The van der Waals surface area contributed by atoms with Crippen molar-refractivity contribution in [3.05, 3.63) is 191 Å². The van der Waals surface area contributed by atoms with E-state index in [0.29, 0.717) is 0 Å². The summed E-state index contributed by atoms with van der Waals surface area (Å²) in [4.78, 5) is 10.6. The Morgan fingerprint density at radius 1 is 0.460 bits per heavy atom. The normalized spacial score (nSPS) is 14.2. The molecule has 0 N–H and O–H groups in total. The summed E-state index contributed by atoms with van der Waals surface area (Å²) in [5, 5.41) is 2.69. The van der Waals surface area contributed by atoms with Crippen LogP contribution in [0, 0.1) is 0 Å². The molecule has 2 heterocycles. The highest BCUT2D eigenvalue weighted by molar-refractivity contribution is 5.97. The van der Waals surface area contributed by atoms with Crippen LogP contribution in [0.4, 0.5) is 0 Å². The molecule has 0 unspecified atom stereocenters. The van der Waals surface area contributed by atoms with Crippen molar-refractivity contribution >= 4 is 10.8 Å². The molecule has 8 aromatic rings. The number of hydrogen-bond donors (Lipinski definition) is 0. The minimum Gasteiger partial charge on any atom is -0.457 e. The van der Waals surface area contributed by atoms with Crippen LogP contribution in [-0.2, 0) is 18.3 Å². The van der Waals surface area contributed by atoms with Gasteiger partial charge in [0.05, 0.1) is 16.8 Å². The maximum Gasteiger partial charge on any atom is 0.160 e. The second-order valence-electron chi connectivity index (χ2n) is 13.6. The summed E-state index contributed by atoms with van der Waals surface area (Å²) in [7, 11) is 0. The number of nitrogens with zero attached hydrogens (tertiary/aromatic N) is 2. The zero-order valence-electron chi connectivity index (χ0n) is 27.2. The van der Waals surface area contributed by atoms with Crippen molar-refractivity contribution < 1.29 is 4.74 Å².